The van der Waals surface area contributed by atoms with E-state index in [4.69, 9.17) is 14.7 Å². The van der Waals surface area contributed by atoms with Crippen LogP contribution < -0.4 is 0 Å². The molecule has 0 spiro atoms. The Bertz CT molecular complexity index is 1310. The molecule has 5 nitrogen and oxygen atoms in total. The molecule has 3 aromatic heterocycles. The van der Waals surface area contributed by atoms with Gasteiger partial charge in [-0.3, -0.25) is 4.98 Å². The highest BCUT2D eigenvalue weighted by atomic mass is 19.1. The van der Waals surface area contributed by atoms with Crippen LogP contribution in [0.1, 0.15) is 47.6 Å². The van der Waals surface area contributed by atoms with Gasteiger partial charge in [0.2, 0.25) is 0 Å². The van der Waals surface area contributed by atoms with E-state index in [2.05, 4.69) is 9.97 Å². The highest BCUT2D eigenvalue weighted by Crippen LogP contribution is 2.38. The average molecular weight is 432 g/mol. The summed E-state index contributed by atoms with van der Waals surface area (Å²) in [5.74, 6) is -0.656. The Kier molecular flexibility index (Phi) is 5.35. The molecule has 32 heavy (non-hydrogen) atoms. The zero-order valence-electron chi connectivity index (χ0n) is 17.8. The summed E-state index contributed by atoms with van der Waals surface area (Å²) < 4.78 is 34.2. The van der Waals surface area contributed by atoms with Crippen molar-refractivity contribution in [1.82, 2.24) is 19.9 Å². The Morgan fingerprint density at radius 2 is 1.81 bits per heavy atom. The molecule has 1 aromatic carbocycles. The molecule has 1 fully saturated rings. The van der Waals surface area contributed by atoms with Crippen LogP contribution in [-0.4, -0.2) is 26.5 Å². The molecule has 1 aliphatic rings. The molecule has 0 radical (unpaired) electrons. The van der Waals surface area contributed by atoms with E-state index in [1.807, 2.05) is 38.1 Å². The number of ether oxygens (including phenoxy) is 1. The van der Waals surface area contributed by atoms with Crippen molar-refractivity contribution in [2.24, 2.45) is 0 Å². The number of aromatic nitrogens is 4. The fourth-order valence-corrected chi connectivity index (χ4v) is 4.22. The SMILES string of the molecule is Cc1cc([C@@H]2C[C@@H](c3nc(-c4ccc(F)cc4F)c4ccc(C)nc4n3)CCO2)ccn1. The molecule has 4 heterocycles. The van der Waals surface area contributed by atoms with Gasteiger partial charge in [-0.1, -0.05) is 0 Å². The van der Waals surface area contributed by atoms with Gasteiger partial charge in [-0.05, 0) is 68.7 Å². The highest BCUT2D eigenvalue weighted by Gasteiger charge is 2.28. The molecule has 0 N–H and O–H groups in total. The molecule has 1 aliphatic heterocycles. The summed E-state index contributed by atoms with van der Waals surface area (Å²) in [6.45, 7) is 4.41. The third kappa shape index (κ3) is 3.96. The van der Waals surface area contributed by atoms with E-state index >= 15 is 0 Å². The largest absolute Gasteiger partial charge is 0.373 e. The molecule has 0 bridgehead atoms. The van der Waals surface area contributed by atoms with Crippen LogP contribution >= 0.6 is 0 Å². The normalized spacial score (nSPS) is 18.8. The van der Waals surface area contributed by atoms with Gasteiger partial charge in [0.05, 0.1) is 11.8 Å². The molecular weight excluding hydrogens is 410 g/mol. The average Bonchev–Trinajstić information content (AvgIpc) is 2.78. The molecule has 1 saturated heterocycles. The first-order valence-electron chi connectivity index (χ1n) is 10.6. The van der Waals surface area contributed by atoms with E-state index in [0.29, 0.717) is 35.6 Å². The molecule has 2 atom stereocenters. The van der Waals surface area contributed by atoms with Crippen molar-refractivity contribution in [3.8, 4) is 11.3 Å². The van der Waals surface area contributed by atoms with E-state index in [-0.39, 0.29) is 17.6 Å². The number of hydrogen-bond acceptors (Lipinski definition) is 5. The lowest BCUT2D eigenvalue weighted by molar-refractivity contribution is 0.00393. The van der Waals surface area contributed by atoms with Crippen molar-refractivity contribution in [3.63, 3.8) is 0 Å². The second-order valence-electron chi connectivity index (χ2n) is 8.19. The molecule has 162 valence electrons. The lowest BCUT2D eigenvalue weighted by Gasteiger charge is -2.29. The minimum absolute atomic E-state index is 0.0243. The summed E-state index contributed by atoms with van der Waals surface area (Å²) in [5.41, 5.74) is 3.99. The molecule has 0 amide bonds. The Hall–Kier alpha value is -3.32. The fraction of sp³-hybridized carbons (Fsp3) is 0.280. The minimum Gasteiger partial charge on any atom is -0.373 e. The van der Waals surface area contributed by atoms with Crippen molar-refractivity contribution in [1.29, 1.82) is 0 Å². The minimum atomic E-state index is -0.659. The van der Waals surface area contributed by atoms with Crippen LogP contribution in [-0.2, 0) is 4.74 Å². The number of rotatable bonds is 3. The van der Waals surface area contributed by atoms with Crippen LogP contribution in [0.2, 0.25) is 0 Å². The maximum absolute atomic E-state index is 14.7. The topological polar surface area (TPSA) is 60.8 Å². The lowest BCUT2D eigenvalue weighted by Crippen LogP contribution is -2.21. The first-order valence-corrected chi connectivity index (χ1v) is 10.6. The lowest BCUT2D eigenvalue weighted by atomic mass is 9.91. The zero-order valence-corrected chi connectivity index (χ0v) is 17.8. The van der Waals surface area contributed by atoms with Crippen LogP contribution in [0.15, 0.2) is 48.7 Å². The predicted octanol–water partition coefficient (Wildman–Crippen LogP) is 5.62. The smallest absolute Gasteiger partial charge is 0.163 e. The van der Waals surface area contributed by atoms with Gasteiger partial charge < -0.3 is 4.74 Å². The standard InChI is InChI=1S/C25H22F2N4O/c1-14-3-5-20-23(19-6-4-18(26)13-21(19)27)30-24(31-25(20)29-14)17-8-10-32-22(12-17)16-7-9-28-15(2)11-16/h3-7,9,11,13,17,22H,8,10,12H2,1-2H3/t17-,22-/m0/s1. The fourth-order valence-electron chi connectivity index (χ4n) is 4.22. The van der Waals surface area contributed by atoms with E-state index < -0.39 is 11.6 Å². The van der Waals surface area contributed by atoms with Crippen molar-refractivity contribution in [3.05, 3.63) is 83.1 Å². The number of hydrogen-bond donors (Lipinski definition) is 0. The van der Waals surface area contributed by atoms with Gasteiger partial charge in [-0.15, -0.1) is 0 Å². The summed E-state index contributed by atoms with van der Waals surface area (Å²) in [5, 5.41) is 0.637. The Morgan fingerprint density at radius 1 is 0.938 bits per heavy atom. The zero-order chi connectivity index (χ0) is 22.2. The molecule has 0 saturated carbocycles. The van der Waals surface area contributed by atoms with Crippen LogP contribution in [0.4, 0.5) is 8.78 Å². The quantitative estimate of drug-likeness (QED) is 0.421. The maximum atomic E-state index is 14.7. The molecule has 7 heteroatoms. The molecular formula is C25H22F2N4O. The molecule has 0 aliphatic carbocycles. The van der Waals surface area contributed by atoms with Crippen LogP contribution in [0.3, 0.4) is 0 Å². The van der Waals surface area contributed by atoms with E-state index in [1.165, 1.54) is 12.1 Å². The Labute approximate surface area is 184 Å². The molecule has 5 rings (SSSR count). The van der Waals surface area contributed by atoms with Gasteiger partial charge in [-0.2, -0.15) is 0 Å². The van der Waals surface area contributed by atoms with Crippen molar-refractivity contribution >= 4 is 11.0 Å². The number of fused-ring (bicyclic) bond motifs is 1. The highest BCUT2D eigenvalue weighted by molar-refractivity contribution is 5.90. The van der Waals surface area contributed by atoms with Crippen molar-refractivity contribution in [2.45, 2.75) is 38.7 Å². The first kappa shape index (κ1) is 20.6. The van der Waals surface area contributed by atoms with E-state index in [0.717, 1.165) is 29.4 Å². The summed E-state index contributed by atoms with van der Waals surface area (Å²) in [6, 6.07) is 11.2. The maximum Gasteiger partial charge on any atom is 0.163 e. The van der Waals surface area contributed by atoms with Gasteiger partial charge in [0.25, 0.3) is 0 Å². The van der Waals surface area contributed by atoms with E-state index in [1.54, 1.807) is 6.20 Å². The van der Waals surface area contributed by atoms with Crippen LogP contribution in [0.5, 0.6) is 0 Å². The predicted molar refractivity (Wildman–Crippen MR) is 117 cm³/mol. The number of aryl methyl sites for hydroxylation is 2. The van der Waals surface area contributed by atoms with Gasteiger partial charge in [0, 0.05) is 47.1 Å². The van der Waals surface area contributed by atoms with Crippen molar-refractivity contribution < 1.29 is 13.5 Å². The number of halogens is 2. The molecule has 4 aromatic rings. The Balaban J connectivity index is 1.59. The van der Waals surface area contributed by atoms with Crippen LogP contribution in [0, 0.1) is 25.5 Å². The first-order chi connectivity index (χ1) is 15.5. The van der Waals surface area contributed by atoms with Gasteiger partial charge in [0.1, 0.15) is 17.5 Å². The van der Waals surface area contributed by atoms with Crippen molar-refractivity contribution in [2.75, 3.05) is 6.61 Å². The monoisotopic (exact) mass is 432 g/mol. The number of benzene rings is 1. The Morgan fingerprint density at radius 3 is 2.62 bits per heavy atom. The van der Waals surface area contributed by atoms with Crippen LogP contribution in [0.25, 0.3) is 22.3 Å². The summed E-state index contributed by atoms with van der Waals surface area (Å²) in [6.07, 6.45) is 3.15. The summed E-state index contributed by atoms with van der Waals surface area (Å²) in [7, 11) is 0. The third-order valence-corrected chi connectivity index (χ3v) is 5.84. The molecule has 0 unspecified atom stereocenters. The third-order valence-electron chi connectivity index (χ3n) is 5.84. The van der Waals surface area contributed by atoms with E-state index in [9.17, 15) is 8.78 Å². The second-order valence-corrected chi connectivity index (χ2v) is 8.19. The van der Waals surface area contributed by atoms with Gasteiger partial charge >= 0.3 is 0 Å². The number of pyridine rings is 2. The summed E-state index contributed by atoms with van der Waals surface area (Å²) >= 11 is 0. The van der Waals surface area contributed by atoms with Gasteiger partial charge in [-0.25, -0.2) is 23.7 Å². The summed E-state index contributed by atoms with van der Waals surface area (Å²) in [4.78, 5) is 18.4. The second kappa shape index (κ2) is 8.31. The number of nitrogens with zero attached hydrogens (tertiary/aromatic N) is 4. The van der Waals surface area contributed by atoms with Gasteiger partial charge in [0.15, 0.2) is 5.65 Å².